The predicted octanol–water partition coefficient (Wildman–Crippen LogP) is 2.82. The minimum absolute atomic E-state index is 0.0129. The monoisotopic (exact) mass is 389 g/mol. The molecule has 3 N–H and O–H groups in total. The molecule has 0 fully saturated rings. The zero-order valence-electron chi connectivity index (χ0n) is 14.7. The highest BCUT2D eigenvalue weighted by atomic mass is 32.2. The van der Waals surface area contributed by atoms with Crippen LogP contribution in [0.2, 0.25) is 0 Å². The van der Waals surface area contributed by atoms with Gasteiger partial charge in [-0.3, -0.25) is 4.68 Å². The first-order chi connectivity index (χ1) is 12.9. The van der Waals surface area contributed by atoms with E-state index in [1.807, 2.05) is 0 Å². The lowest BCUT2D eigenvalue weighted by Gasteiger charge is -2.31. The topological polar surface area (TPSA) is 102 Å². The molecule has 2 heterocycles. The van der Waals surface area contributed by atoms with E-state index in [1.54, 1.807) is 0 Å². The average molecular weight is 389 g/mol. The highest BCUT2D eigenvalue weighted by molar-refractivity contribution is 7.91. The van der Waals surface area contributed by atoms with Crippen LogP contribution < -0.4 is 10.5 Å². The van der Waals surface area contributed by atoms with Gasteiger partial charge in [-0.25, -0.2) is 18.5 Å². The first-order valence-corrected chi connectivity index (χ1v) is 10.7. The number of rotatable bonds is 2. The van der Waals surface area contributed by atoms with Gasteiger partial charge in [0.05, 0.1) is 11.9 Å². The minimum Gasteiger partial charge on any atom is -0.305 e. The van der Waals surface area contributed by atoms with Crippen molar-refractivity contribution in [2.45, 2.75) is 56.1 Å². The van der Waals surface area contributed by atoms with Gasteiger partial charge in [0.1, 0.15) is 21.0 Å². The number of hydrogen-bond acceptors (Lipinski definition) is 3. The Bertz CT molecular complexity index is 1070. The third-order valence-electron chi connectivity index (χ3n) is 5.75. The van der Waals surface area contributed by atoms with Crippen LogP contribution in [0.5, 0.6) is 0 Å². The third kappa shape index (κ3) is 2.60. The summed E-state index contributed by atoms with van der Waals surface area (Å²) < 4.78 is 32.4. The zero-order chi connectivity index (χ0) is 18.8. The Hall–Kier alpha value is -2.26. The Labute approximate surface area is 156 Å². The molecular weight excluding hydrogens is 369 g/mol. The van der Waals surface area contributed by atoms with Crippen molar-refractivity contribution in [2.24, 2.45) is 9.50 Å². The SMILES string of the molecule is NS(=O)(=NC(=O)Nc1c2c(cc3c1CC3)CC2)c1cnn2c1C(F)CCC2. The summed E-state index contributed by atoms with van der Waals surface area (Å²) in [5, 5.41) is 12.7. The van der Waals surface area contributed by atoms with Gasteiger partial charge in [0, 0.05) is 12.2 Å². The Balaban J connectivity index is 1.48. The van der Waals surface area contributed by atoms with E-state index in [4.69, 9.17) is 5.14 Å². The lowest BCUT2D eigenvalue weighted by Crippen LogP contribution is -2.25. The van der Waals surface area contributed by atoms with Crippen LogP contribution in [0.15, 0.2) is 21.5 Å². The number of alkyl halides is 1. The van der Waals surface area contributed by atoms with Crippen molar-refractivity contribution < 1.29 is 13.4 Å². The molecule has 3 aliphatic rings. The van der Waals surface area contributed by atoms with Crippen molar-refractivity contribution in [1.29, 1.82) is 0 Å². The summed E-state index contributed by atoms with van der Waals surface area (Å²) in [4.78, 5) is 12.5. The van der Waals surface area contributed by atoms with Gasteiger partial charge in [0.15, 0.2) is 0 Å². The minimum atomic E-state index is -3.58. The van der Waals surface area contributed by atoms with E-state index in [2.05, 4.69) is 20.8 Å². The molecule has 0 saturated carbocycles. The summed E-state index contributed by atoms with van der Waals surface area (Å²) in [5.74, 6) is 0. The van der Waals surface area contributed by atoms with Crippen LogP contribution in [0.3, 0.4) is 0 Å². The van der Waals surface area contributed by atoms with Gasteiger partial charge < -0.3 is 5.32 Å². The molecule has 2 atom stereocenters. The fraction of sp³-hybridized carbons (Fsp3) is 0.444. The molecule has 2 aromatic rings. The standard InChI is InChI=1S/C18H20FN5O2S/c19-14-2-1-7-24-17(14)15(9-21-24)27(20,26)23-18(25)22-16-12-5-3-10(12)8-11-4-6-13(11)16/h8-9,14H,1-7H2,(H3,20,22,23,25,26). The van der Waals surface area contributed by atoms with E-state index in [0.29, 0.717) is 19.4 Å². The molecule has 0 saturated heterocycles. The molecule has 0 radical (unpaired) electrons. The maximum atomic E-state index is 14.3. The van der Waals surface area contributed by atoms with Crippen LogP contribution in [-0.2, 0) is 42.1 Å². The molecule has 9 heteroatoms. The van der Waals surface area contributed by atoms with E-state index in [1.165, 1.54) is 22.0 Å². The molecule has 27 heavy (non-hydrogen) atoms. The summed E-state index contributed by atoms with van der Waals surface area (Å²) in [6, 6.07) is 1.44. The van der Waals surface area contributed by atoms with Gasteiger partial charge >= 0.3 is 6.03 Å². The van der Waals surface area contributed by atoms with E-state index in [9.17, 15) is 13.4 Å². The number of nitrogens with one attached hydrogen (secondary N) is 1. The maximum absolute atomic E-state index is 14.3. The Morgan fingerprint density at radius 3 is 2.63 bits per heavy atom. The van der Waals surface area contributed by atoms with E-state index in [-0.39, 0.29) is 10.6 Å². The van der Waals surface area contributed by atoms with Crippen LogP contribution in [0.25, 0.3) is 0 Å². The number of anilines is 1. The lowest BCUT2D eigenvalue weighted by atomic mass is 9.76. The molecule has 2 amide bonds. The number of benzene rings is 1. The first-order valence-electron chi connectivity index (χ1n) is 9.16. The van der Waals surface area contributed by atoms with Gasteiger partial charge in [0.25, 0.3) is 0 Å². The molecule has 142 valence electrons. The predicted molar refractivity (Wildman–Crippen MR) is 98.6 cm³/mol. The van der Waals surface area contributed by atoms with E-state index < -0.39 is 22.1 Å². The summed E-state index contributed by atoms with van der Waals surface area (Å²) in [7, 11) is -3.58. The Kier molecular flexibility index (Phi) is 3.67. The molecule has 7 nitrogen and oxygen atoms in total. The smallest absolute Gasteiger partial charge is 0.305 e. The average Bonchev–Trinajstić information content (AvgIpc) is 2.97. The molecule has 1 aromatic carbocycles. The largest absolute Gasteiger partial charge is 0.354 e. The van der Waals surface area contributed by atoms with Crippen molar-refractivity contribution in [2.75, 3.05) is 5.32 Å². The normalized spacial score (nSPS) is 21.6. The van der Waals surface area contributed by atoms with Gasteiger partial charge in [-0.05, 0) is 60.8 Å². The molecule has 1 aromatic heterocycles. The fourth-order valence-electron chi connectivity index (χ4n) is 4.18. The number of fused-ring (bicyclic) bond motifs is 3. The maximum Gasteiger partial charge on any atom is 0.354 e. The first kappa shape index (κ1) is 16.9. The summed E-state index contributed by atoms with van der Waals surface area (Å²) >= 11 is 0. The van der Waals surface area contributed by atoms with Gasteiger partial charge in [-0.15, -0.1) is 4.36 Å². The number of aryl methyl sites for hydroxylation is 3. The number of carbonyl (C=O) groups is 1. The number of nitrogens with two attached hydrogens (primary N) is 1. The van der Waals surface area contributed by atoms with Crippen LogP contribution in [0, 0.1) is 0 Å². The van der Waals surface area contributed by atoms with Crippen molar-refractivity contribution >= 4 is 21.6 Å². The lowest BCUT2D eigenvalue weighted by molar-refractivity contribution is 0.255. The number of aromatic nitrogens is 2. The quantitative estimate of drug-likeness (QED) is 0.825. The van der Waals surface area contributed by atoms with Crippen LogP contribution in [0.1, 0.15) is 47.0 Å². The van der Waals surface area contributed by atoms with E-state index >= 15 is 0 Å². The number of carbonyl (C=O) groups excluding carboxylic acids is 1. The number of nitrogens with zero attached hydrogens (tertiary/aromatic N) is 3. The highest BCUT2D eigenvalue weighted by Gasteiger charge is 2.30. The van der Waals surface area contributed by atoms with E-state index in [0.717, 1.165) is 42.5 Å². The van der Waals surface area contributed by atoms with Crippen molar-refractivity contribution in [1.82, 2.24) is 9.78 Å². The molecule has 1 aliphatic heterocycles. The van der Waals surface area contributed by atoms with Gasteiger partial charge in [-0.1, -0.05) is 6.07 Å². The molecular formula is C18H20FN5O2S. The summed E-state index contributed by atoms with van der Waals surface area (Å²) in [6.45, 7) is 0.541. The summed E-state index contributed by atoms with van der Waals surface area (Å²) in [6.07, 6.45) is 4.80. The number of urea groups is 1. The second-order valence-electron chi connectivity index (χ2n) is 7.34. The highest BCUT2D eigenvalue weighted by Crippen LogP contribution is 2.41. The fourth-order valence-corrected chi connectivity index (χ4v) is 5.30. The third-order valence-corrected chi connectivity index (χ3v) is 7.13. The molecule has 2 unspecified atom stereocenters. The van der Waals surface area contributed by atoms with Crippen molar-refractivity contribution in [3.63, 3.8) is 0 Å². The molecule has 0 spiro atoms. The Morgan fingerprint density at radius 2 is 2.00 bits per heavy atom. The number of halogens is 1. The second kappa shape index (κ2) is 5.87. The summed E-state index contributed by atoms with van der Waals surface area (Å²) in [5.41, 5.74) is 5.74. The second-order valence-corrected chi connectivity index (χ2v) is 9.10. The van der Waals surface area contributed by atoms with Gasteiger partial charge in [0.2, 0.25) is 0 Å². The van der Waals surface area contributed by atoms with Gasteiger partial charge in [-0.2, -0.15) is 5.10 Å². The van der Waals surface area contributed by atoms with Crippen LogP contribution in [0.4, 0.5) is 14.9 Å². The van der Waals surface area contributed by atoms with Crippen molar-refractivity contribution in [3.05, 3.63) is 40.2 Å². The zero-order valence-corrected chi connectivity index (χ0v) is 15.5. The molecule has 0 bridgehead atoms. The number of hydrogen-bond donors (Lipinski definition) is 2. The van der Waals surface area contributed by atoms with Crippen LogP contribution >= 0.6 is 0 Å². The molecule has 2 aliphatic carbocycles. The molecule has 5 rings (SSSR count). The Morgan fingerprint density at radius 1 is 1.30 bits per heavy atom. The number of amides is 2. The van der Waals surface area contributed by atoms with Crippen LogP contribution in [-0.4, -0.2) is 20.0 Å². The van der Waals surface area contributed by atoms with Crippen molar-refractivity contribution in [3.8, 4) is 0 Å².